The molecule has 0 unspecified atom stereocenters. The quantitative estimate of drug-likeness (QED) is 0.542. The van der Waals surface area contributed by atoms with Gasteiger partial charge in [0.05, 0.1) is 5.56 Å². The van der Waals surface area contributed by atoms with Crippen molar-refractivity contribution in [2.45, 2.75) is 12.8 Å². The smallest absolute Gasteiger partial charge is 0.227 e. The minimum absolute atomic E-state index is 0.0311. The predicted molar refractivity (Wildman–Crippen MR) is 116 cm³/mol. The van der Waals surface area contributed by atoms with E-state index in [-0.39, 0.29) is 11.8 Å². The molecule has 0 bridgehead atoms. The zero-order valence-electron chi connectivity index (χ0n) is 16.3. The standard InChI is InChI=1S/C24H20N4O2/c25-14-16-5-8-23(26-15-16)28-11-9-17(10-12-28)24(29)27-18-6-7-22-20(13-18)19-3-1-2-4-21(19)30-22/h1-8,13,15,17H,9-12H2,(H,27,29). The van der Waals surface area contributed by atoms with E-state index in [9.17, 15) is 4.79 Å². The van der Waals surface area contributed by atoms with E-state index in [4.69, 9.17) is 9.68 Å². The number of anilines is 2. The van der Waals surface area contributed by atoms with Crippen LogP contribution in [0.3, 0.4) is 0 Å². The van der Waals surface area contributed by atoms with Gasteiger partial charge >= 0.3 is 0 Å². The van der Waals surface area contributed by atoms with Crippen molar-refractivity contribution in [3.05, 3.63) is 66.4 Å². The van der Waals surface area contributed by atoms with Gasteiger partial charge < -0.3 is 14.6 Å². The van der Waals surface area contributed by atoms with Crippen LogP contribution in [0.15, 0.2) is 65.2 Å². The van der Waals surface area contributed by atoms with Gasteiger partial charge in [0.2, 0.25) is 5.91 Å². The minimum atomic E-state index is -0.0311. The highest BCUT2D eigenvalue weighted by Crippen LogP contribution is 2.31. The molecule has 2 aromatic heterocycles. The molecule has 5 rings (SSSR count). The summed E-state index contributed by atoms with van der Waals surface area (Å²) in [6, 6.07) is 19.4. The van der Waals surface area contributed by atoms with Gasteiger partial charge in [0, 0.05) is 41.7 Å². The fourth-order valence-electron chi connectivity index (χ4n) is 4.06. The number of aromatic nitrogens is 1. The highest BCUT2D eigenvalue weighted by atomic mass is 16.3. The maximum absolute atomic E-state index is 12.8. The number of rotatable bonds is 3. The molecule has 0 spiro atoms. The lowest BCUT2D eigenvalue weighted by molar-refractivity contribution is -0.120. The van der Waals surface area contributed by atoms with E-state index in [0.29, 0.717) is 5.56 Å². The number of piperidine rings is 1. The number of pyridine rings is 1. The summed E-state index contributed by atoms with van der Waals surface area (Å²) in [6.07, 6.45) is 3.12. The van der Waals surface area contributed by atoms with E-state index >= 15 is 0 Å². The number of carbonyl (C=O) groups excluding carboxylic acids is 1. The molecular weight excluding hydrogens is 376 g/mol. The number of nitrogens with zero attached hydrogens (tertiary/aromatic N) is 3. The molecular formula is C24H20N4O2. The van der Waals surface area contributed by atoms with Crippen molar-refractivity contribution in [3.63, 3.8) is 0 Å². The number of hydrogen-bond acceptors (Lipinski definition) is 5. The summed E-state index contributed by atoms with van der Waals surface area (Å²) in [5.41, 5.74) is 3.00. The SMILES string of the molecule is N#Cc1ccc(N2CCC(C(=O)Nc3ccc4oc5ccccc5c4c3)CC2)nc1. The van der Waals surface area contributed by atoms with Crippen molar-refractivity contribution >= 4 is 39.4 Å². The molecule has 1 saturated heterocycles. The molecule has 3 heterocycles. The molecule has 0 saturated carbocycles. The average Bonchev–Trinajstić information content (AvgIpc) is 3.17. The Morgan fingerprint density at radius 1 is 1.07 bits per heavy atom. The van der Waals surface area contributed by atoms with Crippen molar-refractivity contribution in [2.24, 2.45) is 5.92 Å². The van der Waals surface area contributed by atoms with Crippen LogP contribution in [0.5, 0.6) is 0 Å². The van der Waals surface area contributed by atoms with Crippen LogP contribution in [0.4, 0.5) is 11.5 Å². The molecule has 0 atom stereocenters. The lowest BCUT2D eigenvalue weighted by Crippen LogP contribution is -2.38. The van der Waals surface area contributed by atoms with Crippen molar-refractivity contribution in [3.8, 4) is 6.07 Å². The van der Waals surface area contributed by atoms with Crippen molar-refractivity contribution in [1.29, 1.82) is 5.26 Å². The molecule has 6 nitrogen and oxygen atoms in total. The second kappa shape index (κ2) is 7.53. The van der Waals surface area contributed by atoms with Gasteiger partial charge in [0.15, 0.2) is 0 Å². The summed E-state index contributed by atoms with van der Waals surface area (Å²) in [5.74, 6) is 0.871. The number of para-hydroxylation sites is 1. The van der Waals surface area contributed by atoms with E-state index < -0.39 is 0 Å². The van der Waals surface area contributed by atoms with Crippen LogP contribution >= 0.6 is 0 Å². The minimum Gasteiger partial charge on any atom is -0.456 e. The Balaban J connectivity index is 1.26. The van der Waals surface area contributed by atoms with E-state index in [2.05, 4.69) is 21.3 Å². The van der Waals surface area contributed by atoms with Crippen LogP contribution in [0, 0.1) is 17.2 Å². The number of carbonyl (C=O) groups is 1. The Labute approximate surface area is 173 Å². The zero-order valence-corrected chi connectivity index (χ0v) is 16.3. The first kappa shape index (κ1) is 18.2. The molecule has 1 amide bonds. The number of nitrogens with one attached hydrogen (secondary N) is 1. The Morgan fingerprint density at radius 2 is 1.87 bits per heavy atom. The third-order valence-corrected chi connectivity index (χ3v) is 5.71. The predicted octanol–water partition coefficient (Wildman–Crippen LogP) is 4.71. The summed E-state index contributed by atoms with van der Waals surface area (Å²) in [6.45, 7) is 1.53. The number of amides is 1. The monoisotopic (exact) mass is 396 g/mol. The van der Waals surface area contributed by atoms with Crippen molar-refractivity contribution in [1.82, 2.24) is 4.98 Å². The van der Waals surface area contributed by atoms with Crippen LogP contribution in [-0.4, -0.2) is 24.0 Å². The van der Waals surface area contributed by atoms with E-state index in [0.717, 1.165) is 59.4 Å². The molecule has 4 aromatic rings. The first-order valence-electron chi connectivity index (χ1n) is 10.0. The average molecular weight is 396 g/mol. The maximum Gasteiger partial charge on any atom is 0.227 e. The van der Waals surface area contributed by atoms with Gasteiger partial charge in [-0.25, -0.2) is 4.98 Å². The summed E-state index contributed by atoms with van der Waals surface area (Å²) >= 11 is 0. The first-order valence-corrected chi connectivity index (χ1v) is 10.0. The second-order valence-electron chi connectivity index (χ2n) is 7.58. The van der Waals surface area contributed by atoms with Crippen molar-refractivity contribution in [2.75, 3.05) is 23.3 Å². The molecule has 2 aromatic carbocycles. The maximum atomic E-state index is 12.8. The normalized spacial score (nSPS) is 14.7. The lowest BCUT2D eigenvalue weighted by atomic mass is 9.95. The first-order chi connectivity index (χ1) is 14.7. The van der Waals surface area contributed by atoms with Gasteiger partial charge in [0.1, 0.15) is 23.1 Å². The number of benzene rings is 2. The summed E-state index contributed by atoms with van der Waals surface area (Å²) in [4.78, 5) is 19.3. The van der Waals surface area contributed by atoms with Crippen LogP contribution in [-0.2, 0) is 4.79 Å². The Kier molecular flexibility index (Phi) is 4.56. The molecule has 0 aliphatic carbocycles. The molecule has 1 fully saturated rings. The largest absolute Gasteiger partial charge is 0.456 e. The number of fused-ring (bicyclic) bond motifs is 3. The molecule has 148 valence electrons. The Hall–Kier alpha value is -3.85. The summed E-state index contributed by atoms with van der Waals surface area (Å²) in [7, 11) is 0. The number of furan rings is 1. The van der Waals surface area contributed by atoms with Gasteiger partial charge in [-0.15, -0.1) is 0 Å². The summed E-state index contributed by atoms with van der Waals surface area (Å²) < 4.78 is 5.86. The topological polar surface area (TPSA) is 82.2 Å². The van der Waals surface area contributed by atoms with Gasteiger partial charge in [-0.1, -0.05) is 18.2 Å². The number of nitriles is 1. The second-order valence-corrected chi connectivity index (χ2v) is 7.58. The van der Waals surface area contributed by atoms with Crippen LogP contribution < -0.4 is 10.2 Å². The third-order valence-electron chi connectivity index (χ3n) is 5.71. The molecule has 1 N–H and O–H groups in total. The van der Waals surface area contributed by atoms with Gasteiger partial charge in [-0.05, 0) is 49.2 Å². The molecule has 1 aliphatic heterocycles. The third kappa shape index (κ3) is 3.35. The van der Waals surface area contributed by atoms with Gasteiger partial charge in [-0.2, -0.15) is 5.26 Å². The Morgan fingerprint density at radius 3 is 2.63 bits per heavy atom. The van der Waals surface area contributed by atoms with Crippen LogP contribution in [0.25, 0.3) is 21.9 Å². The van der Waals surface area contributed by atoms with Gasteiger partial charge in [-0.3, -0.25) is 4.79 Å². The lowest BCUT2D eigenvalue weighted by Gasteiger charge is -2.32. The zero-order chi connectivity index (χ0) is 20.5. The Bertz CT molecular complexity index is 1260. The van der Waals surface area contributed by atoms with Crippen molar-refractivity contribution < 1.29 is 9.21 Å². The highest BCUT2D eigenvalue weighted by molar-refractivity contribution is 6.07. The number of hydrogen-bond donors (Lipinski definition) is 1. The molecule has 6 heteroatoms. The highest BCUT2D eigenvalue weighted by Gasteiger charge is 2.25. The fourth-order valence-corrected chi connectivity index (χ4v) is 4.06. The van der Waals surface area contributed by atoms with E-state index in [1.165, 1.54) is 0 Å². The van der Waals surface area contributed by atoms with Crippen LogP contribution in [0.1, 0.15) is 18.4 Å². The van der Waals surface area contributed by atoms with E-state index in [1.54, 1.807) is 12.3 Å². The fraction of sp³-hybridized carbons (Fsp3) is 0.208. The molecule has 0 radical (unpaired) electrons. The molecule has 1 aliphatic rings. The van der Waals surface area contributed by atoms with Crippen LogP contribution in [0.2, 0.25) is 0 Å². The molecule has 30 heavy (non-hydrogen) atoms. The summed E-state index contributed by atoms with van der Waals surface area (Å²) in [5, 5.41) is 14.0. The van der Waals surface area contributed by atoms with E-state index in [1.807, 2.05) is 48.5 Å². The van der Waals surface area contributed by atoms with Gasteiger partial charge in [0.25, 0.3) is 0 Å².